The molecule has 0 radical (unpaired) electrons. The standard InChI is InChI=1S/C34H39NO7/c1-19(36)41-18-28-26-11-10-24-25(9-8-21-12-23(37)14-31(40-3)32(21)24)33(26)42-34(28)27-15-30(39-2)29(38)13-22(27)17-35-16-20-6-4-5-7-20/h10-15,20,28,34-35,37-38H,4-9,16-18H2,1-3H3/t28-,34+/m0/s1. The Labute approximate surface area is 246 Å². The van der Waals surface area contributed by atoms with Gasteiger partial charge in [-0.15, -0.1) is 0 Å². The Hall–Kier alpha value is -3.91. The number of rotatable bonds is 9. The highest BCUT2D eigenvalue weighted by Crippen LogP contribution is 2.54. The van der Waals surface area contributed by atoms with Crippen LogP contribution in [0.3, 0.4) is 0 Å². The average molecular weight is 574 g/mol. The van der Waals surface area contributed by atoms with Crippen LogP contribution in [0.5, 0.6) is 28.7 Å². The monoisotopic (exact) mass is 573 g/mol. The molecule has 0 bridgehead atoms. The van der Waals surface area contributed by atoms with Crippen molar-refractivity contribution in [2.24, 2.45) is 5.92 Å². The van der Waals surface area contributed by atoms with Crippen molar-refractivity contribution in [3.63, 3.8) is 0 Å². The summed E-state index contributed by atoms with van der Waals surface area (Å²) in [4.78, 5) is 11.9. The molecule has 2 aliphatic carbocycles. The lowest BCUT2D eigenvalue weighted by molar-refractivity contribution is -0.141. The third-order valence-corrected chi connectivity index (χ3v) is 9.04. The summed E-state index contributed by atoms with van der Waals surface area (Å²) < 4.78 is 23.6. The van der Waals surface area contributed by atoms with E-state index in [4.69, 9.17) is 18.9 Å². The van der Waals surface area contributed by atoms with E-state index in [2.05, 4.69) is 17.4 Å². The number of nitrogens with one attached hydrogen (secondary N) is 1. The molecular weight excluding hydrogens is 534 g/mol. The minimum atomic E-state index is -0.452. The normalized spacial score (nSPS) is 19.0. The van der Waals surface area contributed by atoms with Crippen LogP contribution in [-0.2, 0) is 28.9 Å². The summed E-state index contributed by atoms with van der Waals surface area (Å²) in [7, 11) is 3.15. The number of methoxy groups -OCH3 is 2. The molecule has 1 saturated carbocycles. The fourth-order valence-corrected chi connectivity index (χ4v) is 7.01. The van der Waals surface area contributed by atoms with Crippen molar-refractivity contribution in [1.29, 1.82) is 0 Å². The second-order valence-electron chi connectivity index (χ2n) is 11.6. The van der Waals surface area contributed by atoms with Gasteiger partial charge in [0.2, 0.25) is 0 Å². The van der Waals surface area contributed by atoms with Gasteiger partial charge in [-0.2, -0.15) is 0 Å². The van der Waals surface area contributed by atoms with E-state index in [1.165, 1.54) is 39.7 Å². The largest absolute Gasteiger partial charge is 0.508 e. The van der Waals surface area contributed by atoms with Gasteiger partial charge < -0.3 is 34.5 Å². The van der Waals surface area contributed by atoms with Gasteiger partial charge in [0, 0.05) is 41.8 Å². The molecular formula is C34H39NO7. The molecule has 8 nitrogen and oxygen atoms in total. The van der Waals surface area contributed by atoms with Crippen LogP contribution < -0.4 is 19.5 Å². The van der Waals surface area contributed by atoms with Gasteiger partial charge in [-0.25, -0.2) is 0 Å². The van der Waals surface area contributed by atoms with E-state index < -0.39 is 6.10 Å². The highest BCUT2D eigenvalue weighted by Gasteiger charge is 2.41. The fourth-order valence-electron chi connectivity index (χ4n) is 7.01. The van der Waals surface area contributed by atoms with Crippen LogP contribution in [0.2, 0.25) is 0 Å². The number of aromatic hydroxyl groups is 2. The molecule has 0 amide bonds. The Morgan fingerprint density at radius 2 is 1.79 bits per heavy atom. The van der Waals surface area contributed by atoms with E-state index in [0.717, 1.165) is 64.1 Å². The highest BCUT2D eigenvalue weighted by atomic mass is 16.5. The predicted molar refractivity (Wildman–Crippen MR) is 159 cm³/mol. The number of ether oxygens (including phenoxy) is 4. The Morgan fingerprint density at radius 1 is 1.00 bits per heavy atom. The first-order valence-electron chi connectivity index (χ1n) is 14.8. The molecule has 3 aromatic carbocycles. The molecule has 0 saturated heterocycles. The van der Waals surface area contributed by atoms with Gasteiger partial charge in [0.25, 0.3) is 0 Å². The van der Waals surface area contributed by atoms with E-state index in [1.807, 2.05) is 6.07 Å². The van der Waals surface area contributed by atoms with E-state index in [1.54, 1.807) is 25.3 Å². The Bertz CT molecular complexity index is 1480. The first-order chi connectivity index (χ1) is 20.4. The third-order valence-electron chi connectivity index (χ3n) is 9.04. The van der Waals surface area contributed by atoms with Crippen molar-refractivity contribution in [1.82, 2.24) is 5.32 Å². The summed E-state index contributed by atoms with van der Waals surface area (Å²) in [6.07, 6.45) is 6.08. The van der Waals surface area contributed by atoms with Gasteiger partial charge >= 0.3 is 5.97 Å². The smallest absolute Gasteiger partial charge is 0.302 e. The zero-order valence-electron chi connectivity index (χ0n) is 24.5. The fraction of sp³-hybridized carbons (Fsp3) is 0.441. The lowest BCUT2D eigenvalue weighted by atomic mass is 9.81. The van der Waals surface area contributed by atoms with Crippen LogP contribution in [0.15, 0.2) is 36.4 Å². The summed E-state index contributed by atoms with van der Waals surface area (Å²) in [6, 6.07) is 11.2. The number of carbonyl (C=O) groups is 1. The van der Waals surface area contributed by atoms with Crippen molar-refractivity contribution in [3.8, 4) is 39.9 Å². The molecule has 0 spiro atoms. The molecule has 1 fully saturated rings. The lowest BCUT2D eigenvalue weighted by Gasteiger charge is -2.25. The number of fused-ring (bicyclic) bond motifs is 5. The number of aryl methyl sites for hydroxylation is 1. The topological polar surface area (TPSA) is 106 Å². The van der Waals surface area contributed by atoms with Crippen LogP contribution >= 0.6 is 0 Å². The quantitative estimate of drug-likeness (QED) is 0.270. The molecule has 222 valence electrons. The molecule has 8 heteroatoms. The number of carbonyl (C=O) groups excluding carboxylic acids is 1. The van der Waals surface area contributed by atoms with Crippen molar-refractivity contribution in [2.45, 2.75) is 64.0 Å². The van der Waals surface area contributed by atoms with E-state index in [0.29, 0.717) is 24.0 Å². The van der Waals surface area contributed by atoms with Crippen LogP contribution in [0, 0.1) is 5.92 Å². The Balaban J connectivity index is 1.40. The summed E-state index contributed by atoms with van der Waals surface area (Å²) in [5.41, 5.74) is 6.89. The van der Waals surface area contributed by atoms with Crippen LogP contribution in [-0.4, -0.2) is 43.6 Å². The molecule has 2 atom stereocenters. The molecule has 3 aromatic rings. The molecule has 0 aromatic heterocycles. The van der Waals surface area contributed by atoms with Crippen LogP contribution in [0.1, 0.15) is 72.4 Å². The maximum atomic E-state index is 11.9. The Kier molecular flexibility index (Phi) is 7.90. The highest BCUT2D eigenvalue weighted by molar-refractivity contribution is 5.82. The molecule has 3 aliphatic rings. The molecule has 3 N–H and O–H groups in total. The SMILES string of the molecule is COc1cc([C@H]2Oc3c(ccc4c3CCc3cc(O)cc(OC)c3-4)[C@@H]2COC(C)=O)c(CNCC2CCCC2)cc1O. The van der Waals surface area contributed by atoms with Crippen molar-refractivity contribution in [2.75, 3.05) is 27.4 Å². The van der Waals surface area contributed by atoms with E-state index in [9.17, 15) is 15.0 Å². The van der Waals surface area contributed by atoms with Crippen molar-refractivity contribution >= 4 is 5.97 Å². The Morgan fingerprint density at radius 3 is 2.52 bits per heavy atom. The lowest BCUT2D eigenvalue weighted by Crippen LogP contribution is -2.23. The summed E-state index contributed by atoms with van der Waals surface area (Å²) in [6.45, 7) is 3.09. The number of hydrogen-bond acceptors (Lipinski definition) is 8. The maximum absolute atomic E-state index is 11.9. The summed E-state index contributed by atoms with van der Waals surface area (Å²) >= 11 is 0. The first kappa shape index (κ1) is 28.2. The van der Waals surface area contributed by atoms with E-state index in [-0.39, 0.29) is 30.0 Å². The second-order valence-corrected chi connectivity index (χ2v) is 11.6. The van der Waals surface area contributed by atoms with Crippen LogP contribution in [0.4, 0.5) is 0 Å². The molecule has 42 heavy (non-hydrogen) atoms. The van der Waals surface area contributed by atoms with Gasteiger partial charge in [0.15, 0.2) is 11.5 Å². The molecule has 0 unspecified atom stereocenters. The third kappa shape index (κ3) is 5.24. The number of phenolic OH excluding ortho intramolecular Hbond substituents is 2. The van der Waals surface area contributed by atoms with Gasteiger partial charge in [0.1, 0.15) is 30.0 Å². The molecule has 1 aliphatic heterocycles. The maximum Gasteiger partial charge on any atom is 0.302 e. The number of phenols is 2. The van der Waals surface area contributed by atoms with Gasteiger partial charge in [-0.3, -0.25) is 4.79 Å². The first-order valence-corrected chi connectivity index (χ1v) is 14.8. The van der Waals surface area contributed by atoms with Crippen molar-refractivity contribution in [3.05, 3.63) is 64.2 Å². The van der Waals surface area contributed by atoms with Crippen molar-refractivity contribution < 1.29 is 34.0 Å². The molecule has 6 rings (SSSR count). The second kappa shape index (κ2) is 11.8. The number of esters is 1. The zero-order chi connectivity index (χ0) is 29.4. The number of benzene rings is 3. The minimum Gasteiger partial charge on any atom is -0.508 e. The zero-order valence-corrected chi connectivity index (χ0v) is 24.5. The van der Waals surface area contributed by atoms with Gasteiger partial charge in [-0.05, 0) is 73.0 Å². The summed E-state index contributed by atoms with van der Waals surface area (Å²) in [5.74, 6) is 2.13. The average Bonchev–Trinajstić information content (AvgIpc) is 3.63. The predicted octanol–water partition coefficient (Wildman–Crippen LogP) is 5.94. The molecule has 1 heterocycles. The van der Waals surface area contributed by atoms with E-state index >= 15 is 0 Å². The number of hydrogen-bond donors (Lipinski definition) is 3. The minimum absolute atomic E-state index is 0.0790. The van der Waals surface area contributed by atoms with Crippen LogP contribution in [0.25, 0.3) is 11.1 Å². The summed E-state index contributed by atoms with van der Waals surface area (Å²) in [5, 5.41) is 24.6. The van der Waals surface area contributed by atoms with Gasteiger partial charge in [-0.1, -0.05) is 25.0 Å². The van der Waals surface area contributed by atoms with Gasteiger partial charge in [0.05, 0.1) is 20.1 Å².